The summed E-state index contributed by atoms with van der Waals surface area (Å²) in [5.74, 6) is 1.77. The summed E-state index contributed by atoms with van der Waals surface area (Å²) in [4.78, 5) is 27.6. The molecule has 2 aliphatic rings. The lowest BCUT2D eigenvalue weighted by Crippen LogP contribution is -1.97. The molecular weight excluding hydrogens is 1000 g/mol. The predicted molar refractivity (Wildman–Crippen MR) is 348 cm³/mol. The minimum atomic E-state index is 0.723. The number of hydrogen-bond acceptors (Lipinski definition) is 6. The van der Waals surface area contributed by atoms with Crippen molar-refractivity contribution in [3.63, 3.8) is 0 Å². The fourth-order valence-corrected chi connectivity index (χ4v) is 11.9. The van der Waals surface area contributed by atoms with Gasteiger partial charge in [0.05, 0.1) is 36.0 Å². The SMILES string of the molecule is CCCCCCCCCCCCCCCCOc1ccc(-c2c3nc(c(-c4ccncc4)c4ccc([nH]4)c(-c4ccc(OCCCCCCCCCCCCCCCC)cc4)c4nc(c(-c5ccncc5)c5ccc2[nH]5)C=C4)C=C3)cc1. The summed E-state index contributed by atoms with van der Waals surface area (Å²) in [5.41, 5.74) is 15.3. The van der Waals surface area contributed by atoms with Gasteiger partial charge in [-0.15, -0.1) is 0 Å². The van der Waals surface area contributed by atoms with Crippen LogP contribution in [-0.4, -0.2) is 43.1 Å². The molecule has 0 radical (unpaired) electrons. The van der Waals surface area contributed by atoms with Gasteiger partial charge in [0.15, 0.2) is 0 Å². The number of rotatable bonds is 36. The van der Waals surface area contributed by atoms with Gasteiger partial charge in [0.25, 0.3) is 0 Å². The molecule has 2 N–H and O–H groups in total. The molecule has 0 saturated heterocycles. The van der Waals surface area contributed by atoms with Crippen molar-refractivity contribution in [1.29, 1.82) is 0 Å². The molecule has 8 nitrogen and oxygen atoms in total. The smallest absolute Gasteiger partial charge is 0.119 e. The number of H-pyrrole nitrogens is 2. The molecule has 7 aromatic rings. The second kappa shape index (κ2) is 33.1. The van der Waals surface area contributed by atoms with Crippen LogP contribution in [0.2, 0.25) is 0 Å². The summed E-state index contributed by atoms with van der Waals surface area (Å²) in [6.07, 6.45) is 53.6. The van der Waals surface area contributed by atoms with Gasteiger partial charge in [-0.1, -0.05) is 205 Å². The molecule has 0 saturated carbocycles. The van der Waals surface area contributed by atoms with Crippen LogP contribution in [-0.2, 0) is 0 Å². The highest BCUT2D eigenvalue weighted by Crippen LogP contribution is 2.39. The Balaban J connectivity index is 0.943. The lowest BCUT2D eigenvalue weighted by Gasteiger charge is -2.09. The maximum absolute atomic E-state index is 6.35. The number of nitrogens with zero attached hydrogens (tertiary/aromatic N) is 4. The van der Waals surface area contributed by atoms with Crippen LogP contribution in [0.15, 0.2) is 122 Å². The highest BCUT2D eigenvalue weighted by molar-refractivity contribution is 5.99. The van der Waals surface area contributed by atoms with Crippen LogP contribution in [0.1, 0.15) is 216 Å². The van der Waals surface area contributed by atoms with Crippen molar-refractivity contribution in [2.75, 3.05) is 13.2 Å². The Bertz CT molecular complexity index is 3010. The van der Waals surface area contributed by atoms with E-state index in [1.807, 2.05) is 24.8 Å². The van der Waals surface area contributed by atoms with E-state index in [2.05, 4.69) is 155 Å². The van der Waals surface area contributed by atoms with Crippen LogP contribution in [0.3, 0.4) is 0 Å². The zero-order chi connectivity index (χ0) is 56.2. The third kappa shape index (κ3) is 17.5. The van der Waals surface area contributed by atoms with E-state index >= 15 is 0 Å². The molecule has 82 heavy (non-hydrogen) atoms. The van der Waals surface area contributed by atoms with Gasteiger partial charge in [-0.25, -0.2) is 9.97 Å². The van der Waals surface area contributed by atoms with Crippen molar-refractivity contribution in [2.45, 2.75) is 194 Å². The van der Waals surface area contributed by atoms with E-state index in [1.54, 1.807) is 0 Å². The molecule has 0 aliphatic carbocycles. The summed E-state index contributed by atoms with van der Waals surface area (Å²) >= 11 is 0. The van der Waals surface area contributed by atoms with Gasteiger partial charge in [-0.05, 0) is 132 Å². The van der Waals surface area contributed by atoms with Gasteiger partial charge in [0.2, 0.25) is 0 Å². The number of ether oxygens (including phenoxy) is 2. The molecule has 7 heterocycles. The van der Waals surface area contributed by atoms with E-state index in [0.717, 1.165) is 127 Å². The molecule has 0 fully saturated rings. The summed E-state index contributed by atoms with van der Waals surface area (Å²) < 4.78 is 12.7. The Morgan fingerprint density at radius 1 is 0.280 bits per heavy atom. The summed E-state index contributed by atoms with van der Waals surface area (Å²) in [6.45, 7) is 6.03. The lowest BCUT2D eigenvalue weighted by molar-refractivity contribution is 0.304. The average Bonchev–Trinajstić information content (AvgIpc) is 4.53. The molecule has 8 bridgehead atoms. The van der Waals surface area contributed by atoms with E-state index in [9.17, 15) is 0 Å². The second-order valence-corrected chi connectivity index (χ2v) is 22.9. The molecule has 0 amide bonds. The monoisotopic (exact) mass is 1100 g/mol. The van der Waals surface area contributed by atoms with Crippen LogP contribution in [0, 0.1) is 0 Å². The molecule has 2 aliphatic heterocycles. The zero-order valence-electron chi connectivity index (χ0n) is 49.7. The number of unbranched alkanes of at least 4 members (excludes halogenated alkanes) is 26. The van der Waals surface area contributed by atoms with Gasteiger partial charge in [-0.2, -0.15) is 0 Å². The first-order valence-corrected chi connectivity index (χ1v) is 32.1. The number of hydrogen-bond donors (Lipinski definition) is 2. The maximum Gasteiger partial charge on any atom is 0.119 e. The Morgan fingerprint density at radius 2 is 0.524 bits per heavy atom. The Kier molecular flexibility index (Phi) is 24.1. The maximum atomic E-state index is 6.35. The molecule has 0 atom stereocenters. The van der Waals surface area contributed by atoms with E-state index in [0.29, 0.717) is 0 Å². The summed E-state index contributed by atoms with van der Waals surface area (Å²) in [5, 5.41) is 0. The van der Waals surface area contributed by atoms with Crippen molar-refractivity contribution >= 4 is 46.4 Å². The molecule has 8 heteroatoms. The quantitative estimate of drug-likeness (QED) is 0.0380. The second-order valence-electron chi connectivity index (χ2n) is 22.9. The van der Waals surface area contributed by atoms with Crippen molar-refractivity contribution in [1.82, 2.24) is 29.9 Å². The normalized spacial score (nSPS) is 11.9. The van der Waals surface area contributed by atoms with Gasteiger partial charge in [-0.3, -0.25) is 9.97 Å². The Labute approximate surface area is 490 Å². The first kappa shape index (κ1) is 59.6. The standard InChI is InChI=1S/C74H92N6O2/c1-3-5-7-9-11-13-15-17-19-21-23-25-27-29-55-81-61-35-31-57(32-36-61)71-63-39-43-67(77-63)73(59-47-51-75-52-48-59)69-45-41-65(79-69)72(66-42-46-70(80-66)74(60-49-53-76-54-50-60)68-44-40-64(71)78-68)58-33-37-62(38-34-58)82-56-30-28-26-24-22-20-18-16-14-12-10-8-6-4-2/h31-54,77,80H,3-30,55-56H2,1-2H3. The van der Waals surface area contributed by atoms with Crippen molar-refractivity contribution in [2.24, 2.45) is 0 Å². The van der Waals surface area contributed by atoms with Crippen LogP contribution in [0.5, 0.6) is 11.5 Å². The fraction of sp³-hybridized carbons (Fsp3) is 0.432. The number of pyridine rings is 2. The predicted octanol–water partition coefficient (Wildman–Crippen LogP) is 21.8. The van der Waals surface area contributed by atoms with Crippen molar-refractivity contribution in [3.8, 4) is 56.0 Å². The van der Waals surface area contributed by atoms with Gasteiger partial charge >= 0.3 is 0 Å². The number of fused-ring (bicyclic) bond motifs is 8. The third-order valence-electron chi connectivity index (χ3n) is 16.5. The highest BCUT2D eigenvalue weighted by Gasteiger charge is 2.19. The van der Waals surface area contributed by atoms with E-state index in [4.69, 9.17) is 19.4 Å². The Morgan fingerprint density at radius 3 is 0.793 bits per heavy atom. The fourth-order valence-electron chi connectivity index (χ4n) is 11.9. The molecule has 9 rings (SSSR count). The van der Waals surface area contributed by atoms with Gasteiger partial charge < -0.3 is 19.4 Å². The molecule has 0 spiro atoms. The zero-order valence-corrected chi connectivity index (χ0v) is 49.7. The number of benzene rings is 2. The van der Waals surface area contributed by atoms with Crippen LogP contribution >= 0.6 is 0 Å². The molecular formula is C74H92N6O2. The molecule has 5 aromatic heterocycles. The molecule has 430 valence electrons. The van der Waals surface area contributed by atoms with Gasteiger partial charge in [0.1, 0.15) is 11.5 Å². The van der Waals surface area contributed by atoms with E-state index in [-0.39, 0.29) is 0 Å². The van der Waals surface area contributed by atoms with Crippen LogP contribution < -0.4 is 9.47 Å². The van der Waals surface area contributed by atoms with Crippen molar-refractivity contribution in [3.05, 3.63) is 145 Å². The number of nitrogens with one attached hydrogen (secondary N) is 2. The lowest BCUT2D eigenvalue weighted by atomic mass is 10.0. The molecule has 0 unspecified atom stereocenters. The van der Waals surface area contributed by atoms with E-state index < -0.39 is 0 Å². The van der Waals surface area contributed by atoms with Crippen LogP contribution in [0.4, 0.5) is 0 Å². The minimum Gasteiger partial charge on any atom is -0.494 e. The number of aromatic amines is 2. The minimum absolute atomic E-state index is 0.723. The summed E-state index contributed by atoms with van der Waals surface area (Å²) in [6, 6.07) is 34.0. The average molecular weight is 1100 g/mol. The first-order chi connectivity index (χ1) is 40.7. The largest absolute Gasteiger partial charge is 0.494 e. The van der Waals surface area contributed by atoms with E-state index in [1.165, 1.54) is 167 Å². The molecule has 2 aromatic carbocycles. The topological polar surface area (TPSA) is 102 Å². The first-order valence-electron chi connectivity index (χ1n) is 32.1. The highest BCUT2D eigenvalue weighted by atomic mass is 16.5. The third-order valence-corrected chi connectivity index (χ3v) is 16.5. The Hall–Kier alpha value is -7.06. The number of aromatic nitrogens is 6. The van der Waals surface area contributed by atoms with Gasteiger partial charge in [0, 0.05) is 69.1 Å². The van der Waals surface area contributed by atoms with Crippen LogP contribution in [0.25, 0.3) is 90.9 Å². The summed E-state index contributed by atoms with van der Waals surface area (Å²) in [7, 11) is 0. The van der Waals surface area contributed by atoms with Crippen molar-refractivity contribution < 1.29 is 9.47 Å².